The van der Waals surface area contributed by atoms with E-state index in [0.717, 1.165) is 31.4 Å². The van der Waals surface area contributed by atoms with E-state index in [1.807, 2.05) is 54.6 Å². The second-order valence-corrected chi connectivity index (χ2v) is 8.66. The zero-order valence-corrected chi connectivity index (χ0v) is 20.9. The molecular formula is C23H21Br2ClN2O3. The topological polar surface area (TPSA) is 52.1 Å². The van der Waals surface area contributed by atoms with Crippen LogP contribution < -0.4 is 19.6 Å². The zero-order valence-electron chi connectivity index (χ0n) is 17.0. The first kappa shape index (κ1) is 23.4. The quantitative estimate of drug-likeness (QED) is 0.234. The number of hydrogen-bond donors (Lipinski definition) is 1. The van der Waals surface area contributed by atoms with Crippen LogP contribution in [0.3, 0.4) is 0 Å². The minimum Gasteiger partial charge on any atom is -0.493 e. The summed E-state index contributed by atoms with van der Waals surface area (Å²) in [6.45, 7) is 0.996. The second-order valence-electron chi connectivity index (χ2n) is 6.51. The molecule has 0 radical (unpaired) electrons. The second kappa shape index (κ2) is 11.4. The lowest BCUT2D eigenvalue weighted by molar-refractivity contribution is 0.302. The molecule has 162 valence electrons. The zero-order chi connectivity index (χ0) is 22.2. The molecule has 3 aromatic rings. The van der Waals surface area contributed by atoms with E-state index in [-0.39, 0.29) is 0 Å². The van der Waals surface area contributed by atoms with Gasteiger partial charge < -0.3 is 19.6 Å². The summed E-state index contributed by atoms with van der Waals surface area (Å²) < 4.78 is 18.2. The van der Waals surface area contributed by atoms with Gasteiger partial charge in [-0.15, -0.1) is 0 Å². The van der Waals surface area contributed by atoms with Gasteiger partial charge in [0.25, 0.3) is 0 Å². The van der Waals surface area contributed by atoms with Gasteiger partial charge in [-0.25, -0.2) is 0 Å². The maximum Gasteiger partial charge on any atom is 0.161 e. The van der Waals surface area contributed by atoms with Gasteiger partial charge in [-0.3, -0.25) is 0 Å². The Bertz CT molecular complexity index is 1040. The average molecular weight is 569 g/mol. The van der Waals surface area contributed by atoms with E-state index >= 15 is 0 Å². The van der Waals surface area contributed by atoms with Gasteiger partial charge in [0.2, 0.25) is 0 Å². The molecule has 3 rings (SSSR count). The molecule has 5 nitrogen and oxygen atoms in total. The number of nitrogens with one attached hydrogen (secondary N) is 1. The summed E-state index contributed by atoms with van der Waals surface area (Å²) in [5, 5.41) is 5.01. The summed E-state index contributed by atoms with van der Waals surface area (Å²) in [5.74, 6) is 2.11. The van der Waals surface area contributed by atoms with E-state index in [4.69, 9.17) is 25.8 Å². The van der Waals surface area contributed by atoms with Crippen LogP contribution in [0.15, 0.2) is 68.6 Å². The minimum absolute atomic E-state index is 0.439. The third kappa shape index (κ3) is 6.63. The van der Waals surface area contributed by atoms with Crippen molar-refractivity contribution in [2.75, 3.05) is 14.2 Å². The fourth-order valence-electron chi connectivity index (χ4n) is 2.78. The van der Waals surface area contributed by atoms with Crippen molar-refractivity contribution in [3.8, 4) is 17.2 Å². The highest BCUT2D eigenvalue weighted by molar-refractivity contribution is 9.11. The molecule has 0 spiro atoms. The summed E-state index contributed by atoms with van der Waals surface area (Å²) in [6.07, 6.45) is 1.75. The van der Waals surface area contributed by atoms with Gasteiger partial charge >= 0.3 is 0 Å². The van der Waals surface area contributed by atoms with Gasteiger partial charge in [0.15, 0.2) is 11.5 Å². The van der Waals surface area contributed by atoms with E-state index in [1.54, 1.807) is 20.4 Å². The van der Waals surface area contributed by atoms with Crippen molar-refractivity contribution in [1.29, 1.82) is 0 Å². The number of methoxy groups -OCH3 is 2. The number of halogens is 3. The lowest BCUT2D eigenvalue weighted by atomic mass is 10.2. The Hall–Kier alpha value is -2.22. The van der Waals surface area contributed by atoms with Gasteiger partial charge in [-0.2, -0.15) is 5.10 Å². The molecule has 0 aliphatic rings. The predicted octanol–water partition coefficient (Wildman–Crippen LogP) is 6.58. The van der Waals surface area contributed by atoms with Crippen molar-refractivity contribution >= 4 is 49.7 Å². The van der Waals surface area contributed by atoms with Crippen molar-refractivity contribution in [2.24, 2.45) is 5.10 Å². The number of benzene rings is 3. The van der Waals surface area contributed by atoms with Gasteiger partial charge in [-0.05, 0) is 84.9 Å². The maximum atomic E-state index is 5.95. The number of rotatable bonds is 9. The molecule has 0 saturated carbocycles. The predicted molar refractivity (Wildman–Crippen MR) is 132 cm³/mol. The van der Waals surface area contributed by atoms with Crippen LogP contribution in [-0.2, 0) is 13.2 Å². The van der Waals surface area contributed by atoms with Crippen LogP contribution in [-0.4, -0.2) is 20.4 Å². The van der Waals surface area contributed by atoms with E-state index in [2.05, 4.69) is 42.4 Å². The van der Waals surface area contributed by atoms with Crippen molar-refractivity contribution < 1.29 is 14.2 Å². The fourth-order valence-corrected chi connectivity index (χ4v) is 4.35. The molecule has 0 aliphatic heterocycles. The van der Waals surface area contributed by atoms with Crippen LogP contribution in [0.2, 0.25) is 5.02 Å². The summed E-state index contributed by atoms with van der Waals surface area (Å²) in [6, 6.07) is 17.2. The Morgan fingerprint density at radius 1 is 0.903 bits per heavy atom. The van der Waals surface area contributed by atoms with Crippen LogP contribution in [0.4, 0.5) is 0 Å². The SMILES string of the molecule is COc1ccc(CN/N=C/c2cc(Br)c(OCc3ccc(Cl)cc3)c(Br)c2)cc1OC. The molecule has 0 aromatic heterocycles. The minimum atomic E-state index is 0.439. The summed E-state index contributed by atoms with van der Waals surface area (Å²) >= 11 is 13.1. The van der Waals surface area contributed by atoms with Crippen LogP contribution in [0.25, 0.3) is 0 Å². The van der Waals surface area contributed by atoms with Crippen molar-refractivity contribution in [2.45, 2.75) is 13.2 Å². The molecule has 0 amide bonds. The largest absolute Gasteiger partial charge is 0.493 e. The van der Waals surface area contributed by atoms with Crippen LogP contribution in [0.1, 0.15) is 16.7 Å². The van der Waals surface area contributed by atoms with Crippen molar-refractivity contribution in [3.63, 3.8) is 0 Å². The Morgan fingerprint density at radius 2 is 1.55 bits per heavy atom. The Balaban J connectivity index is 1.59. The molecule has 3 aromatic carbocycles. The molecular weight excluding hydrogens is 548 g/mol. The standard InChI is InChI=1S/C23H21Br2ClN2O3/c1-29-21-8-5-16(11-22(21)30-2)12-27-28-13-17-9-19(24)23(20(25)10-17)31-14-15-3-6-18(26)7-4-15/h3-11,13,27H,12,14H2,1-2H3/b28-13+. The average Bonchev–Trinajstić information content (AvgIpc) is 2.77. The van der Waals surface area contributed by atoms with Gasteiger partial charge in [0, 0.05) is 5.02 Å². The number of hydrogen-bond acceptors (Lipinski definition) is 5. The molecule has 0 heterocycles. The maximum absolute atomic E-state index is 5.95. The van der Waals surface area contributed by atoms with Crippen molar-refractivity contribution in [1.82, 2.24) is 5.43 Å². The van der Waals surface area contributed by atoms with Crippen LogP contribution in [0, 0.1) is 0 Å². The highest BCUT2D eigenvalue weighted by atomic mass is 79.9. The first-order chi connectivity index (χ1) is 15.0. The normalized spacial score (nSPS) is 10.9. The summed E-state index contributed by atoms with van der Waals surface area (Å²) in [4.78, 5) is 0. The fraction of sp³-hybridized carbons (Fsp3) is 0.174. The molecule has 0 saturated heterocycles. The molecule has 8 heteroatoms. The smallest absolute Gasteiger partial charge is 0.161 e. The third-order valence-corrected chi connectivity index (χ3v) is 5.78. The highest BCUT2D eigenvalue weighted by Crippen LogP contribution is 2.35. The highest BCUT2D eigenvalue weighted by Gasteiger charge is 2.09. The molecule has 0 fully saturated rings. The molecule has 1 N–H and O–H groups in total. The molecule has 0 aliphatic carbocycles. The third-order valence-electron chi connectivity index (χ3n) is 4.35. The summed E-state index contributed by atoms with van der Waals surface area (Å²) in [5.41, 5.74) is 6.02. The molecule has 0 unspecified atom stereocenters. The Labute approximate surface area is 203 Å². The summed E-state index contributed by atoms with van der Waals surface area (Å²) in [7, 11) is 3.23. The van der Waals surface area contributed by atoms with E-state index in [0.29, 0.717) is 29.7 Å². The van der Waals surface area contributed by atoms with Gasteiger partial charge in [0.05, 0.1) is 35.9 Å². The molecule has 0 atom stereocenters. The van der Waals surface area contributed by atoms with Crippen LogP contribution >= 0.6 is 43.5 Å². The van der Waals surface area contributed by atoms with Gasteiger partial charge in [-0.1, -0.05) is 29.8 Å². The Kier molecular flexibility index (Phi) is 8.63. The van der Waals surface area contributed by atoms with E-state index in [9.17, 15) is 0 Å². The lowest BCUT2D eigenvalue weighted by Gasteiger charge is -2.11. The first-order valence-electron chi connectivity index (χ1n) is 9.33. The molecule has 31 heavy (non-hydrogen) atoms. The Morgan fingerprint density at radius 3 is 2.19 bits per heavy atom. The first-order valence-corrected chi connectivity index (χ1v) is 11.3. The lowest BCUT2D eigenvalue weighted by Crippen LogP contribution is -2.06. The number of hydrazone groups is 1. The monoisotopic (exact) mass is 566 g/mol. The van der Waals surface area contributed by atoms with Gasteiger partial charge in [0.1, 0.15) is 12.4 Å². The van der Waals surface area contributed by atoms with Crippen molar-refractivity contribution in [3.05, 3.63) is 85.3 Å². The number of nitrogens with zero attached hydrogens (tertiary/aromatic N) is 1. The molecule has 0 bridgehead atoms. The van der Waals surface area contributed by atoms with E-state index in [1.165, 1.54) is 0 Å². The number of ether oxygens (including phenoxy) is 3. The van der Waals surface area contributed by atoms with Crippen LogP contribution in [0.5, 0.6) is 17.2 Å². The van der Waals surface area contributed by atoms with E-state index < -0.39 is 0 Å².